The van der Waals surface area contributed by atoms with Crippen LogP contribution in [0.5, 0.6) is 5.75 Å². The minimum Gasteiger partial charge on any atom is -0.497 e. The van der Waals surface area contributed by atoms with E-state index in [2.05, 4.69) is 0 Å². The lowest BCUT2D eigenvalue weighted by atomic mass is 9.64. The van der Waals surface area contributed by atoms with Crippen molar-refractivity contribution in [2.45, 2.75) is 18.0 Å². The monoisotopic (exact) mass is 563 g/mol. The van der Waals surface area contributed by atoms with Crippen LogP contribution in [0.25, 0.3) is 6.08 Å². The minimum absolute atomic E-state index is 0.308. The molecule has 0 bridgehead atoms. The highest BCUT2D eigenvalue weighted by Crippen LogP contribution is 2.61. The fraction of sp³-hybridized carbons (Fsp3) is 0.147. The Kier molecular flexibility index (Phi) is 5.73. The molecule has 3 aliphatic rings. The molecule has 3 atom stereocenters. The van der Waals surface area contributed by atoms with Gasteiger partial charge in [0, 0.05) is 38.9 Å². The molecule has 1 fully saturated rings. The summed E-state index contributed by atoms with van der Waals surface area (Å²) >= 11 is 6.81. The number of nitrogens with zero attached hydrogens (tertiary/aromatic N) is 1. The summed E-state index contributed by atoms with van der Waals surface area (Å²) in [4.78, 5) is 45.8. The van der Waals surface area contributed by atoms with Gasteiger partial charge in [0.2, 0.25) is 0 Å². The number of carbonyl (C=O) groups is 3. The van der Waals surface area contributed by atoms with Gasteiger partial charge in [-0.15, -0.1) is 0 Å². The molecule has 41 heavy (non-hydrogen) atoms. The lowest BCUT2D eigenvalue weighted by Crippen LogP contribution is -2.48. The summed E-state index contributed by atoms with van der Waals surface area (Å²) < 4.78 is 19.8. The second kappa shape index (κ2) is 9.25. The van der Waals surface area contributed by atoms with E-state index in [9.17, 15) is 18.8 Å². The third-order valence-corrected chi connectivity index (χ3v) is 8.97. The number of hydrogen-bond donors (Lipinski definition) is 0. The number of methoxy groups -OCH3 is 1. The van der Waals surface area contributed by atoms with Crippen LogP contribution in [-0.4, -0.2) is 36.5 Å². The fourth-order valence-corrected chi connectivity index (χ4v) is 7.22. The van der Waals surface area contributed by atoms with Crippen LogP contribution in [0.4, 0.5) is 10.1 Å². The van der Waals surface area contributed by atoms with E-state index in [1.807, 2.05) is 4.90 Å². The van der Waals surface area contributed by atoms with Crippen molar-refractivity contribution in [1.29, 1.82) is 0 Å². The van der Waals surface area contributed by atoms with E-state index in [1.54, 1.807) is 91.0 Å². The van der Waals surface area contributed by atoms with E-state index in [1.165, 1.54) is 19.2 Å². The van der Waals surface area contributed by atoms with Crippen molar-refractivity contribution in [3.63, 3.8) is 0 Å². The van der Waals surface area contributed by atoms with E-state index >= 15 is 0 Å². The first-order chi connectivity index (χ1) is 19.9. The number of Topliss-reactive ketones (excluding diaryl/α,β-unsaturated/α-hetero) is 3. The summed E-state index contributed by atoms with van der Waals surface area (Å²) in [6, 6.07) is 23.1. The van der Waals surface area contributed by atoms with Crippen LogP contribution in [0.1, 0.15) is 48.1 Å². The first-order valence-corrected chi connectivity index (χ1v) is 13.6. The van der Waals surface area contributed by atoms with E-state index in [-0.39, 0.29) is 17.3 Å². The van der Waals surface area contributed by atoms with Gasteiger partial charge in [-0.2, -0.15) is 0 Å². The molecular formula is C34H23ClFNO4. The Hall–Kier alpha value is -4.55. The van der Waals surface area contributed by atoms with Crippen LogP contribution in [-0.2, 0) is 0 Å². The molecule has 4 aromatic carbocycles. The van der Waals surface area contributed by atoms with Crippen molar-refractivity contribution in [3.05, 3.63) is 136 Å². The summed E-state index contributed by atoms with van der Waals surface area (Å²) in [5.41, 5.74) is 0.952. The number of fused-ring (bicyclic) bond motifs is 5. The Labute approximate surface area is 240 Å². The van der Waals surface area contributed by atoms with Gasteiger partial charge in [0.1, 0.15) is 23.0 Å². The van der Waals surface area contributed by atoms with E-state index in [0.717, 1.165) is 0 Å². The van der Waals surface area contributed by atoms with Gasteiger partial charge in [-0.3, -0.25) is 14.4 Å². The summed E-state index contributed by atoms with van der Waals surface area (Å²) in [6.07, 6.45) is 3.49. The van der Waals surface area contributed by atoms with Crippen LogP contribution in [0.3, 0.4) is 0 Å². The first kappa shape index (κ1) is 25.4. The molecule has 7 heteroatoms. The third-order valence-electron chi connectivity index (χ3n) is 8.63. The van der Waals surface area contributed by atoms with Crippen LogP contribution < -0.4 is 9.64 Å². The molecule has 4 aromatic rings. The van der Waals surface area contributed by atoms with Crippen LogP contribution in [0.15, 0.2) is 97.1 Å². The van der Waals surface area contributed by atoms with Crippen molar-refractivity contribution >= 4 is 40.7 Å². The largest absolute Gasteiger partial charge is 0.497 e. The van der Waals surface area contributed by atoms with Crippen molar-refractivity contribution in [1.82, 2.24) is 0 Å². The molecule has 5 nitrogen and oxygen atoms in total. The molecule has 1 saturated heterocycles. The van der Waals surface area contributed by atoms with Gasteiger partial charge in [0.15, 0.2) is 17.3 Å². The third kappa shape index (κ3) is 3.44. The van der Waals surface area contributed by atoms with Gasteiger partial charge in [-0.25, -0.2) is 4.39 Å². The van der Waals surface area contributed by atoms with Gasteiger partial charge < -0.3 is 9.64 Å². The topological polar surface area (TPSA) is 63.7 Å². The van der Waals surface area contributed by atoms with E-state index in [4.69, 9.17) is 16.3 Å². The molecule has 7 rings (SSSR count). The summed E-state index contributed by atoms with van der Waals surface area (Å²) in [5, 5.41) is 0.347. The average molecular weight is 564 g/mol. The van der Waals surface area contributed by atoms with Gasteiger partial charge in [-0.05, 0) is 42.0 Å². The van der Waals surface area contributed by atoms with Gasteiger partial charge in [0.05, 0.1) is 13.2 Å². The van der Waals surface area contributed by atoms with Crippen molar-refractivity contribution in [3.8, 4) is 5.75 Å². The predicted molar refractivity (Wildman–Crippen MR) is 155 cm³/mol. The van der Waals surface area contributed by atoms with Crippen molar-refractivity contribution in [2.24, 2.45) is 5.41 Å². The molecule has 0 radical (unpaired) electrons. The number of rotatable bonds is 4. The molecule has 202 valence electrons. The number of benzene rings is 4. The molecule has 2 heterocycles. The SMILES string of the molecule is COc1cccc(C(=O)[C@@H]2[C@@H](c3ccccc3Cl)C3(C(=O)c4ccccc4C3=O)[C@@H]3C=Cc4cc(F)ccc4N23)c1. The summed E-state index contributed by atoms with van der Waals surface area (Å²) in [5.74, 6) is -1.90. The van der Waals surface area contributed by atoms with Gasteiger partial charge in [-0.1, -0.05) is 78.4 Å². The molecule has 0 saturated carbocycles. The minimum atomic E-state index is -1.68. The number of ketones is 3. The number of anilines is 1. The first-order valence-electron chi connectivity index (χ1n) is 13.3. The van der Waals surface area contributed by atoms with Crippen LogP contribution in [0.2, 0.25) is 5.02 Å². The van der Waals surface area contributed by atoms with Crippen molar-refractivity contribution in [2.75, 3.05) is 12.0 Å². The highest BCUT2D eigenvalue weighted by Gasteiger charge is 2.71. The highest BCUT2D eigenvalue weighted by atomic mass is 35.5. The average Bonchev–Trinajstić information content (AvgIpc) is 3.43. The molecule has 0 amide bonds. The molecule has 0 aromatic heterocycles. The highest BCUT2D eigenvalue weighted by molar-refractivity contribution is 6.34. The van der Waals surface area contributed by atoms with Crippen molar-refractivity contribution < 1.29 is 23.5 Å². The van der Waals surface area contributed by atoms with Gasteiger partial charge in [0.25, 0.3) is 0 Å². The summed E-state index contributed by atoms with van der Waals surface area (Å²) in [6.45, 7) is 0. The lowest BCUT2D eigenvalue weighted by molar-refractivity contribution is 0.0666. The predicted octanol–water partition coefficient (Wildman–Crippen LogP) is 6.80. The number of carbonyl (C=O) groups excluding carboxylic acids is 3. The Morgan fingerprint density at radius 3 is 2.32 bits per heavy atom. The standard InChI is InChI=1S/C34H23ClFNO4/c1-41-22-8-6-7-20(18-22)31(38)30-29(25-11-4-5-12-26(25)35)34(32(39)23-9-2-3-10-24(23)33(34)40)28-16-13-19-17-21(36)14-15-27(19)37(28)30/h2-18,28-30H,1H3/t28-,29+,30-/m0/s1. The fourth-order valence-electron chi connectivity index (χ4n) is 6.97. The Balaban J connectivity index is 1.56. The Bertz CT molecular complexity index is 1780. The zero-order chi connectivity index (χ0) is 28.5. The second-order valence-corrected chi connectivity index (χ2v) is 10.9. The van der Waals surface area contributed by atoms with E-state index in [0.29, 0.717) is 44.3 Å². The molecule has 1 aliphatic carbocycles. The lowest BCUT2D eigenvalue weighted by Gasteiger charge is -2.37. The number of ether oxygens (including phenoxy) is 1. The van der Waals surface area contributed by atoms with Crippen LogP contribution in [0, 0.1) is 11.2 Å². The second-order valence-electron chi connectivity index (χ2n) is 10.5. The Morgan fingerprint density at radius 1 is 0.902 bits per heavy atom. The number of halogens is 2. The smallest absolute Gasteiger partial charge is 0.186 e. The van der Waals surface area contributed by atoms with Gasteiger partial charge >= 0.3 is 0 Å². The number of hydrogen-bond acceptors (Lipinski definition) is 5. The normalized spacial score (nSPS) is 21.5. The maximum Gasteiger partial charge on any atom is 0.186 e. The zero-order valence-electron chi connectivity index (χ0n) is 21.9. The molecule has 0 unspecified atom stereocenters. The molecular weight excluding hydrogens is 541 g/mol. The maximum atomic E-state index is 14.7. The zero-order valence-corrected chi connectivity index (χ0v) is 22.6. The summed E-state index contributed by atoms with van der Waals surface area (Å²) in [7, 11) is 1.52. The van der Waals surface area contributed by atoms with E-state index < -0.39 is 29.2 Å². The van der Waals surface area contributed by atoms with Crippen LogP contribution >= 0.6 is 11.6 Å². The molecule has 1 spiro atoms. The quantitative estimate of drug-likeness (QED) is 0.202. The molecule has 0 N–H and O–H groups in total. The molecule has 2 aliphatic heterocycles. The maximum absolute atomic E-state index is 14.7. The Morgan fingerprint density at radius 2 is 1.61 bits per heavy atom.